The molecule has 2 fully saturated rings. The summed E-state index contributed by atoms with van der Waals surface area (Å²) in [4.78, 5) is 37.9. The number of esters is 1. The molecule has 0 bridgehead atoms. The van der Waals surface area contributed by atoms with E-state index in [2.05, 4.69) is 13.5 Å². The van der Waals surface area contributed by atoms with E-state index in [1.54, 1.807) is 12.5 Å². The Morgan fingerprint density at radius 2 is 1.94 bits per heavy atom. The lowest BCUT2D eigenvalue weighted by Crippen LogP contribution is -2.52. The van der Waals surface area contributed by atoms with Crippen LogP contribution in [0.3, 0.4) is 0 Å². The van der Waals surface area contributed by atoms with Gasteiger partial charge in [0.2, 0.25) is 0 Å². The van der Waals surface area contributed by atoms with Crippen molar-refractivity contribution in [1.29, 1.82) is 0 Å². The largest absolute Gasteiger partial charge is 0.456 e. The van der Waals surface area contributed by atoms with Gasteiger partial charge in [-0.05, 0) is 38.2 Å². The second-order valence-corrected chi connectivity index (χ2v) is 8.02. The lowest BCUT2D eigenvalue weighted by molar-refractivity contribution is -0.185. The first-order valence-corrected chi connectivity index (χ1v) is 10.9. The molecule has 1 aromatic carbocycles. The standard InChI is InChI=1S/C25H30O7/c1-4-9-18-13-14-19(27)22(31-18)25(30-16(3)26)24-21(28)23(20(32-24)10-5-2)29-15-17-11-7-6-8-12-17/h4-8,11-12,18,20,22-25H,1-2,9-10,13-15H2,3H3/t18?,20-,22+,23+,24-,25-/m1/s1. The van der Waals surface area contributed by atoms with Gasteiger partial charge in [0, 0.05) is 13.3 Å². The average Bonchev–Trinajstić information content (AvgIpc) is 3.08. The molecule has 3 rings (SSSR count). The van der Waals surface area contributed by atoms with Crippen molar-refractivity contribution in [3.05, 3.63) is 61.9 Å². The molecule has 7 heteroatoms. The Morgan fingerprint density at radius 1 is 1.19 bits per heavy atom. The van der Waals surface area contributed by atoms with E-state index in [4.69, 9.17) is 18.9 Å². The molecule has 7 nitrogen and oxygen atoms in total. The molecule has 32 heavy (non-hydrogen) atoms. The predicted molar refractivity (Wildman–Crippen MR) is 116 cm³/mol. The quantitative estimate of drug-likeness (QED) is 0.407. The summed E-state index contributed by atoms with van der Waals surface area (Å²) >= 11 is 0. The maximum atomic E-state index is 13.3. The smallest absolute Gasteiger partial charge is 0.303 e. The lowest BCUT2D eigenvalue weighted by atomic mass is 9.93. The molecule has 0 spiro atoms. The van der Waals surface area contributed by atoms with Gasteiger partial charge in [-0.25, -0.2) is 0 Å². The molecule has 2 saturated heterocycles. The van der Waals surface area contributed by atoms with Crippen molar-refractivity contribution in [2.75, 3.05) is 0 Å². The number of ether oxygens (including phenoxy) is 4. The van der Waals surface area contributed by atoms with Crippen molar-refractivity contribution in [1.82, 2.24) is 0 Å². The van der Waals surface area contributed by atoms with E-state index in [0.717, 1.165) is 5.56 Å². The van der Waals surface area contributed by atoms with Gasteiger partial charge in [0.15, 0.2) is 29.9 Å². The Kier molecular flexibility index (Phi) is 8.73. The Balaban J connectivity index is 1.80. The number of rotatable bonds is 10. The Labute approximate surface area is 189 Å². The third-order valence-corrected chi connectivity index (χ3v) is 5.59. The van der Waals surface area contributed by atoms with E-state index >= 15 is 0 Å². The summed E-state index contributed by atoms with van der Waals surface area (Å²) in [5.41, 5.74) is 0.913. The van der Waals surface area contributed by atoms with E-state index in [9.17, 15) is 14.4 Å². The minimum atomic E-state index is -1.18. The van der Waals surface area contributed by atoms with Gasteiger partial charge in [-0.15, -0.1) is 6.58 Å². The molecule has 172 valence electrons. The van der Waals surface area contributed by atoms with Crippen molar-refractivity contribution < 1.29 is 33.3 Å². The summed E-state index contributed by atoms with van der Waals surface area (Å²) in [7, 11) is 0. The van der Waals surface area contributed by atoms with Crippen LogP contribution in [0.1, 0.15) is 38.2 Å². The van der Waals surface area contributed by atoms with Crippen LogP contribution in [-0.4, -0.2) is 54.2 Å². The normalized spacial score (nSPS) is 29.0. The fourth-order valence-corrected chi connectivity index (χ4v) is 4.10. The molecule has 0 saturated carbocycles. The lowest BCUT2D eigenvalue weighted by Gasteiger charge is -2.35. The van der Waals surface area contributed by atoms with Gasteiger partial charge in [0.25, 0.3) is 0 Å². The molecule has 0 amide bonds. The minimum absolute atomic E-state index is 0.220. The van der Waals surface area contributed by atoms with Crippen LogP contribution in [0.5, 0.6) is 0 Å². The van der Waals surface area contributed by atoms with E-state index in [1.165, 1.54) is 6.92 Å². The molecule has 1 aromatic rings. The predicted octanol–water partition coefficient (Wildman–Crippen LogP) is 2.96. The third-order valence-electron chi connectivity index (χ3n) is 5.59. The molecule has 0 N–H and O–H groups in total. The van der Waals surface area contributed by atoms with Crippen LogP contribution in [-0.2, 0) is 39.9 Å². The van der Waals surface area contributed by atoms with Gasteiger partial charge in [0.1, 0.15) is 6.10 Å². The van der Waals surface area contributed by atoms with E-state index < -0.39 is 36.5 Å². The highest BCUT2D eigenvalue weighted by molar-refractivity contribution is 5.93. The Hall–Kier alpha value is -2.35. The summed E-state index contributed by atoms with van der Waals surface area (Å²) in [6.07, 6.45) is -0.0485. The zero-order valence-corrected chi connectivity index (χ0v) is 18.3. The molecule has 2 aliphatic rings. The van der Waals surface area contributed by atoms with Crippen LogP contribution in [0.4, 0.5) is 0 Å². The highest BCUT2D eigenvalue weighted by Gasteiger charge is 2.53. The third kappa shape index (κ3) is 5.91. The van der Waals surface area contributed by atoms with Crippen LogP contribution < -0.4 is 0 Å². The maximum Gasteiger partial charge on any atom is 0.303 e. The zero-order valence-electron chi connectivity index (χ0n) is 18.3. The first-order valence-electron chi connectivity index (χ1n) is 10.9. The number of benzene rings is 1. The monoisotopic (exact) mass is 442 g/mol. The number of carbonyl (C=O) groups excluding carboxylic acids is 3. The second-order valence-electron chi connectivity index (χ2n) is 8.02. The van der Waals surface area contributed by atoms with E-state index in [-0.39, 0.29) is 30.7 Å². The van der Waals surface area contributed by atoms with Gasteiger partial charge in [0.05, 0.1) is 18.8 Å². The second kappa shape index (κ2) is 11.5. The minimum Gasteiger partial charge on any atom is -0.456 e. The number of Topliss-reactive ketones (excluding diaryl/α,β-unsaturated/α-hetero) is 2. The van der Waals surface area contributed by atoms with Gasteiger partial charge >= 0.3 is 5.97 Å². The molecule has 0 aromatic heterocycles. The van der Waals surface area contributed by atoms with E-state index in [0.29, 0.717) is 19.3 Å². The molecular weight excluding hydrogens is 412 g/mol. The molecule has 1 unspecified atom stereocenters. The van der Waals surface area contributed by atoms with Gasteiger partial charge < -0.3 is 18.9 Å². The molecular formula is C25H30O7. The van der Waals surface area contributed by atoms with Crippen LogP contribution in [0.15, 0.2) is 43.0 Å². The first kappa shape index (κ1) is 24.3. The van der Waals surface area contributed by atoms with E-state index in [1.807, 2.05) is 30.3 Å². The van der Waals surface area contributed by atoms with Crippen molar-refractivity contribution in [3.63, 3.8) is 0 Å². The molecule has 0 aliphatic carbocycles. The van der Waals surface area contributed by atoms with Crippen LogP contribution in [0.2, 0.25) is 0 Å². The zero-order chi connectivity index (χ0) is 23.1. The average molecular weight is 443 g/mol. The van der Waals surface area contributed by atoms with Gasteiger partial charge in [-0.2, -0.15) is 0 Å². The molecule has 2 heterocycles. The Morgan fingerprint density at radius 3 is 2.59 bits per heavy atom. The van der Waals surface area contributed by atoms with Gasteiger partial charge in [-0.1, -0.05) is 36.4 Å². The Bertz CT molecular complexity index is 806. The summed E-state index contributed by atoms with van der Waals surface area (Å²) in [5, 5.41) is 0. The molecule has 2 aliphatic heterocycles. The number of ketones is 2. The van der Waals surface area contributed by atoms with Crippen molar-refractivity contribution in [3.8, 4) is 0 Å². The highest BCUT2D eigenvalue weighted by Crippen LogP contribution is 2.32. The fraction of sp³-hybridized carbons (Fsp3) is 0.480. The number of hydrogen-bond acceptors (Lipinski definition) is 7. The number of carbonyl (C=O) groups is 3. The number of hydrogen-bond donors (Lipinski definition) is 0. The van der Waals surface area contributed by atoms with Crippen molar-refractivity contribution >= 4 is 17.5 Å². The summed E-state index contributed by atoms with van der Waals surface area (Å²) in [6, 6.07) is 9.47. The molecule has 6 atom stereocenters. The van der Waals surface area contributed by atoms with Crippen LogP contribution >= 0.6 is 0 Å². The van der Waals surface area contributed by atoms with Crippen molar-refractivity contribution in [2.45, 2.75) is 75.8 Å². The summed E-state index contributed by atoms with van der Waals surface area (Å²) in [5.74, 6) is -1.22. The van der Waals surface area contributed by atoms with Crippen LogP contribution in [0.25, 0.3) is 0 Å². The molecule has 2 radical (unpaired) electrons. The van der Waals surface area contributed by atoms with Gasteiger partial charge in [-0.3, -0.25) is 14.4 Å². The topological polar surface area (TPSA) is 88.1 Å². The van der Waals surface area contributed by atoms with Crippen LogP contribution in [0, 0.1) is 13.3 Å². The maximum absolute atomic E-state index is 13.3. The summed E-state index contributed by atoms with van der Waals surface area (Å²) in [6.45, 7) is 8.89. The highest BCUT2D eigenvalue weighted by atomic mass is 16.6. The van der Waals surface area contributed by atoms with Crippen molar-refractivity contribution in [2.24, 2.45) is 0 Å². The first-order chi connectivity index (χ1) is 15.4. The summed E-state index contributed by atoms with van der Waals surface area (Å²) < 4.78 is 23.3. The SMILES string of the molecule is [CH2][CH]C[C@H]1O[C@@H]([C@H](OC(C)=O)[C@H]2OC(CC=C)CCC2=O)C(=O)[C@H]1OCc1ccccc1. The fourth-order valence-electron chi connectivity index (χ4n) is 4.10.